The molecule has 4 rings (SSSR count). The van der Waals surface area contributed by atoms with Crippen LogP contribution < -0.4 is 15.4 Å². The molecule has 2 aromatic carbocycles. The highest BCUT2D eigenvalue weighted by molar-refractivity contribution is 5.99. The van der Waals surface area contributed by atoms with E-state index in [9.17, 15) is 14.7 Å². The van der Waals surface area contributed by atoms with Crippen LogP contribution in [0, 0.1) is 11.8 Å². The Hall–Kier alpha value is -3.10. The fraction of sp³-hybridized carbons (Fsp3) is 0.500. The molecule has 3 amide bonds. The van der Waals surface area contributed by atoms with Crippen LogP contribution in [-0.2, 0) is 11.2 Å². The second-order valence-corrected chi connectivity index (χ2v) is 10.3. The van der Waals surface area contributed by atoms with Gasteiger partial charge in [-0.15, -0.1) is 0 Å². The minimum absolute atomic E-state index is 0.0638. The lowest BCUT2D eigenvalue weighted by atomic mass is 10.0. The molecule has 8 nitrogen and oxygen atoms in total. The largest absolute Gasteiger partial charge is 0.488 e. The van der Waals surface area contributed by atoms with Crippen LogP contribution in [0.3, 0.4) is 0 Å². The number of nitrogens with one attached hydrogen (secondary N) is 2. The molecule has 1 aliphatic heterocycles. The Bertz CT molecular complexity index is 1040. The molecule has 3 atom stereocenters. The van der Waals surface area contributed by atoms with E-state index in [0.29, 0.717) is 23.7 Å². The van der Waals surface area contributed by atoms with Crippen molar-refractivity contribution in [3.05, 3.63) is 54.1 Å². The maximum Gasteiger partial charge on any atom is 0.323 e. The number of rotatable bonds is 8. The Labute approximate surface area is 213 Å². The predicted molar refractivity (Wildman–Crippen MR) is 141 cm³/mol. The molecular formula is C28H38N4O4. The molecule has 2 aromatic rings. The Kier molecular flexibility index (Phi) is 8.48. The average Bonchev–Trinajstić information content (AvgIpc) is 3.66. The lowest BCUT2D eigenvalue weighted by Crippen LogP contribution is -2.47. The number of amides is 3. The zero-order chi connectivity index (χ0) is 25.7. The van der Waals surface area contributed by atoms with Crippen molar-refractivity contribution in [2.75, 3.05) is 43.9 Å². The molecule has 0 bridgehead atoms. The highest BCUT2D eigenvalue weighted by Crippen LogP contribution is 2.31. The summed E-state index contributed by atoms with van der Waals surface area (Å²) in [4.78, 5) is 29.9. The molecule has 0 spiro atoms. The summed E-state index contributed by atoms with van der Waals surface area (Å²) in [5.41, 5.74) is 1.99. The van der Waals surface area contributed by atoms with E-state index in [4.69, 9.17) is 4.74 Å². The minimum atomic E-state index is -0.361. The number of carbonyl (C=O) groups excluding carboxylic acids is 2. The molecule has 0 radical (unpaired) electrons. The predicted octanol–water partition coefficient (Wildman–Crippen LogP) is 3.82. The second kappa shape index (κ2) is 11.8. The van der Waals surface area contributed by atoms with Gasteiger partial charge in [0, 0.05) is 42.5 Å². The van der Waals surface area contributed by atoms with E-state index in [-0.39, 0.29) is 43.0 Å². The molecule has 0 saturated heterocycles. The van der Waals surface area contributed by atoms with E-state index < -0.39 is 0 Å². The van der Waals surface area contributed by atoms with Crippen molar-refractivity contribution < 1.29 is 19.4 Å². The van der Waals surface area contributed by atoms with E-state index >= 15 is 0 Å². The minimum Gasteiger partial charge on any atom is -0.488 e. The average molecular weight is 495 g/mol. The Morgan fingerprint density at radius 2 is 1.86 bits per heavy atom. The number of urea groups is 1. The maximum atomic E-state index is 13.3. The van der Waals surface area contributed by atoms with E-state index in [1.54, 1.807) is 17.0 Å². The summed E-state index contributed by atoms with van der Waals surface area (Å²) < 4.78 is 6.56. The third-order valence-corrected chi connectivity index (χ3v) is 6.96. The molecule has 8 heteroatoms. The van der Waals surface area contributed by atoms with Crippen LogP contribution in [0.15, 0.2) is 48.5 Å². The van der Waals surface area contributed by atoms with Gasteiger partial charge in [-0.3, -0.25) is 4.79 Å². The van der Waals surface area contributed by atoms with Crippen molar-refractivity contribution >= 4 is 23.3 Å². The molecule has 1 heterocycles. The number of hydrogen-bond acceptors (Lipinski definition) is 5. The zero-order valence-electron chi connectivity index (χ0n) is 21.4. The first-order chi connectivity index (χ1) is 17.3. The van der Waals surface area contributed by atoms with Gasteiger partial charge in [0.15, 0.2) is 0 Å². The van der Waals surface area contributed by atoms with Crippen molar-refractivity contribution in [2.24, 2.45) is 11.8 Å². The zero-order valence-corrected chi connectivity index (χ0v) is 21.4. The number of para-hydroxylation sites is 1. The molecule has 1 aliphatic carbocycles. The molecule has 2 aliphatic rings. The van der Waals surface area contributed by atoms with Gasteiger partial charge in [0.05, 0.1) is 19.1 Å². The summed E-state index contributed by atoms with van der Waals surface area (Å²) >= 11 is 0. The van der Waals surface area contributed by atoms with E-state index in [1.807, 2.05) is 43.3 Å². The summed E-state index contributed by atoms with van der Waals surface area (Å²) in [6.45, 7) is 6.20. The van der Waals surface area contributed by atoms with Crippen LogP contribution in [0.25, 0.3) is 0 Å². The lowest BCUT2D eigenvalue weighted by Gasteiger charge is -2.34. The fourth-order valence-electron chi connectivity index (χ4n) is 4.66. The first-order valence-corrected chi connectivity index (χ1v) is 12.8. The van der Waals surface area contributed by atoms with Crippen LogP contribution in [0.4, 0.5) is 16.2 Å². The van der Waals surface area contributed by atoms with Crippen molar-refractivity contribution in [2.45, 2.75) is 45.3 Å². The van der Waals surface area contributed by atoms with Crippen LogP contribution >= 0.6 is 0 Å². The number of nitrogens with zero attached hydrogens (tertiary/aromatic N) is 2. The molecule has 1 fully saturated rings. The van der Waals surface area contributed by atoms with Crippen molar-refractivity contribution in [1.82, 2.24) is 9.80 Å². The van der Waals surface area contributed by atoms with Crippen LogP contribution in [-0.4, -0.2) is 72.3 Å². The second-order valence-electron chi connectivity index (χ2n) is 10.3. The van der Waals surface area contributed by atoms with Gasteiger partial charge in [-0.05, 0) is 63.1 Å². The standard InChI is InChI=1S/C28H38N4O4/c1-19-15-32(20(2)18-33)27(34)14-22-13-24(30-28(35)29-23-7-5-4-6-8-23)11-12-25(22)36-26(19)17-31(3)16-21-9-10-21/h4-8,11-13,19-21,26,33H,9-10,14-18H2,1-3H3,(H2,29,30,35)/t19-,20-,26-/m1/s1. The summed E-state index contributed by atoms with van der Waals surface area (Å²) in [7, 11) is 2.12. The van der Waals surface area contributed by atoms with E-state index in [2.05, 4.69) is 29.5 Å². The van der Waals surface area contributed by atoms with Gasteiger partial charge in [0.1, 0.15) is 11.9 Å². The summed E-state index contributed by atoms with van der Waals surface area (Å²) in [6.07, 6.45) is 2.59. The highest BCUT2D eigenvalue weighted by atomic mass is 16.5. The number of ether oxygens (including phenoxy) is 1. The fourth-order valence-corrected chi connectivity index (χ4v) is 4.66. The van der Waals surface area contributed by atoms with Crippen molar-refractivity contribution in [3.63, 3.8) is 0 Å². The summed E-state index contributed by atoms with van der Waals surface area (Å²) in [6, 6.07) is 14.0. The smallest absolute Gasteiger partial charge is 0.323 e. The van der Waals surface area contributed by atoms with Gasteiger partial charge in [0.25, 0.3) is 0 Å². The summed E-state index contributed by atoms with van der Waals surface area (Å²) in [5, 5.41) is 15.5. The van der Waals surface area contributed by atoms with Crippen LogP contribution in [0.1, 0.15) is 32.3 Å². The lowest BCUT2D eigenvalue weighted by molar-refractivity contribution is -0.134. The molecule has 194 valence electrons. The van der Waals surface area contributed by atoms with Gasteiger partial charge < -0.3 is 30.3 Å². The normalized spacial score (nSPS) is 21.0. The number of likely N-dealkylation sites (N-methyl/N-ethyl adjacent to an activating group) is 1. The molecule has 0 unspecified atom stereocenters. The van der Waals surface area contributed by atoms with Crippen LogP contribution in [0.2, 0.25) is 0 Å². The van der Waals surface area contributed by atoms with Gasteiger partial charge in [0.2, 0.25) is 5.91 Å². The SMILES string of the molecule is C[C@@H]1CN([C@H](C)CO)C(=O)Cc2cc(NC(=O)Nc3ccccc3)ccc2O[C@@H]1CN(C)CC1CC1. The van der Waals surface area contributed by atoms with Crippen molar-refractivity contribution in [1.29, 1.82) is 0 Å². The number of fused-ring (bicyclic) bond motifs is 1. The van der Waals surface area contributed by atoms with E-state index in [1.165, 1.54) is 12.8 Å². The number of aliphatic hydroxyl groups excluding tert-OH is 1. The molecule has 0 aromatic heterocycles. The molecular weight excluding hydrogens is 456 g/mol. The van der Waals surface area contributed by atoms with Gasteiger partial charge in [-0.25, -0.2) is 4.79 Å². The molecule has 3 N–H and O–H groups in total. The monoisotopic (exact) mass is 494 g/mol. The number of hydrogen-bond donors (Lipinski definition) is 3. The Balaban J connectivity index is 1.55. The number of anilines is 2. The number of carbonyl (C=O) groups is 2. The Morgan fingerprint density at radius 3 is 2.56 bits per heavy atom. The van der Waals surface area contributed by atoms with E-state index in [0.717, 1.165) is 24.6 Å². The first kappa shape index (κ1) is 26.0. The van der Waals surface area contributed by atoms with Crippen LogP contribution in [0.5, 0.6) is 5.75 Å². The number of benzene rings is 2. The Morgan fingerprint density at radius 1 is 1.14 bits per heavy atom. The molecule has 36 heavy (non-hydrogen) atoms. The van der Waals surface area contributed by atoms with Crippen molar-refractivity contribution in [3.8, 4) is 5.75 Å². The third kappa shape index (κ3) is 6.98. The topological polar surface area (TPSA) is 94.1 Å². The van der Waals surface area contributed by atoms with Gasteiger partial charge in [-0.2, -0.15) is 0 Å². The van der Waals surface area contributed by atoms with Gasteiger partial charge in [-0.1, -0.05) is 25.1 Å². The quantitative estimate of drug-likeness (QED) is 0.519. The highest BCUT2D eigenvalue weighted by Gasteiger charge is 2.32. The third-order valence-electron chi connectivity index (χ3n) is 6.96. The number of aliphatic hydroxyl groups is 1. The molecule has 1 saturated carbocycles. The first-order valence-electron chi connectivity index (χ1n) is 12.8. The van der Waals surface area contributed by atoms with Gasteiger partial charge >= 0.3 is 6.03 Å². The maximum absolute atomic E-state index is 13.3. The summed E-state index contributed by atoms with van der Waals surface area (Å²) in [5.74, 6) is 1.45.